The lowest BCUT2D eigenvalue weighted by molar-refractivity contribution is -0.118. The molecule has 0 aliphatic carbocycles. The van der Waals surface area contributed by atoms with Crippen LogP contribution < -0.4 is 5.32 Å². The van der Waals surface area contributed by atoms with Crippen LogP contribution in [0.4, 0.5) is 5.95 Å². The van der Waals surface area contributed by atoms with E-state index < -0.39 is 5.97 Å². The van der Waals surface area contributed by atoms with Crippen LogP contribution in [0.1, 0.15) is 30.0 Å². The van der Waals surface area contributed by atoms with Gasteiger partial charge < -0.3 is 4.74 Å². The number of hydrogen-bond donors (Lipinski definition) is 1. The Morgan fingerprint density at radius 2 is 2.00 bits per heavy atom. The minimum Gasteiger partial charge on any atom is -0.464 e. The fourth-order valence-electron chi connectivity index (χ4n) is 1.09. The van der Waals surface area contributed by atoms with Crippen molar-refractivity contribution >= 4 is 17.8 Å². The summed E-state index contributed by atoms with van der Waals surface area (Å²) in [5.74, 6) is -0.827. The number of esters is 1. The Labute approximate surface area is 99.4 Å². The van der Waals surface area contributed by atoms with Crippen molar-refractivity contribution in [2.45, 2.75) is 20.8 Å². The van der Waals surface area contributed by atoms with E-state index in [1.807, 2.05) is 0 Å². The number of carbonyl (C=O) groups excluding carboxylic acids is 2. The highest BCUT2D eigenvalue weighted by Gasteiger charge is 2.13. The molecule has 0 fully saturated rings. The second kappa shape index (κ2) is 5.38. The van der Waals surface area contributed by atoms with E-state index >= 15 is 0 Å². The largest absolute Gasteiger partial charge is 0.464 e. The third-order valence-corrected chi connectivity index (χ3v) is 2.01. The van der Waals surface area contributed by atoms with Crippen LogP contribution in [0.5, 0.6) is 0 Å². The first-order valence-electron chi connectivity index (χ1n) is 5.19. The average Bonchev–Trinajstić information content (AvgIpc) is 2.26. The van der Waals surface area contributed by atoms with Crippen LogP contribution in [-0.4, -0.2) is 29.0 Å². The minimum atomic E-state index is -0.560. The fraction of sp³-hybridized carbons (Fsp3) is 0.455. The van der Waals surface area contributed by atoms with E-state index in [1.54, 1.807) is 20.8 Å². The van der Waals surface area contributed by atoms with Crippen LogP contribution in [0.2, 0.25) is 0 Å². The molecular weight excluding hydrogens is 222 g/mol. The molecule has 6 nitrogen and oxygen atoms in total. The van der Waals surface area contributed by atoms with Gasteiger partial charge in [0.1, 0.15) is 0 Å². The standard InChI is InChI=1S/C11H15N3O3/c1-6(2)9(15)14-11-12-7(3)5-8(13-11)10(16)17-4/h5-6H,1-4H3,(H,12,13,14,15). The summed E-state index contributed by atoms with van der Waals surface area (Å²) in [6.07, 6.45) is 0. The average molecular weight is 237 g/mol. The van der Waals surface area contributed by atoms with Gasteiger partial charge in [-0.1, -0.05) is 13.8 Å². The lowest BCUT2D eigenvalue weighted by atomic mass is 10.2. The highest BCUT2D eigenvalue weighted by atomic mass is 16.5. The molecule has 0 bridgehead atoms. The second-order valence-corrected chi connectivity index (χ2v) is 3.85. The normalized spacial score (nSPS) is 10.2. The van der Waals surface area contributed by atoms with Crippen molar-refractivity contribution in [3.63, 3.8) is 0 Å². The Balaban J connectivity index is 2.97. The minimum absolute atomic E-state index is 0.115. The molecule has 0 aliphatic heterocycles. The Morgan fingerprint density at radius 3 is 2.53 bits per heavy atom. The first-order valence-corrected chi connectivity index (χ1v) is 5.19. The molecule has 0 atom stereocenters. The zero-order valence-electron chi connectivity index (χ0n) is 10.3. The molecule has 1 aromatic rings. The molecule has 1 rings (SSSR count). The van der Waals surface area contributed by atoms with Gasteiger partial charge in [-0.25, -0.2) is 14.8 Å². The van der Waals surface area contributed by atoms with Crippen molar-refractivity contribution in [2.75, 3.05) is 12.4 Å². The van der Waals surface area contributed by atoms with Gasteiger partial charge in [0, 0.05) is 11.6 Å². The van der Waals surface area contributed by atoms with Gasteiger partial charge in [-0.2, -0.15) is 0 Å². The zero-order chi connectivity index (χ0) is 13.0. The van der Waals surface area contributed by atoms with Crippen molar-refractivity contribution in [1.29, 1.82) is 0 Å². The van der Waals surface area contributed by atoms with E-state index in [0.29, 0.717) is 5.69 Å². The molecule has 0 aliphatic rings. The number of ether oxygens (including phenoxy) is 1. The number of rotatable bonds is 3. The van der Waals surface area contributed by atoms with Gasteiger partial charge in [0.05, 0.1) is 7.11 Å². The quantitative estimate of drug-likeness (QED) is 0.798. The molecule has 1 heterocycles. The molecule has 0 spiro atoms. The van der Waals surface area contributed by atoms with E-state index in [2.05, 4.69) is 20.0 Å². The number of nitrogens with zero attached hydrogens (tertiary/aromatic N) is 2. The summed E-state index contributed by atoms with van der Waals surface area (Å²) in [4.78, 5) is 30.7. The van der Waals surface area contributed by atoms with E-state index in [9.17, 15) is 9.59 Å². The van der Waals surface area contributed by atoms with Crippen molar-refractivity contribution in [3.8, 4) is 0 Å². The van der Waals surface area contributed by atoms with Gasteiger partial charge >= 0.3 is 5.97 Å². The van der Waals surface area contributed by atoms with Gasteiger partial charge in [-0.05, 0) is 13.0 Å². The highest BCUT2D eigenvalue weighted by molar-refractivity contribution is 5.91. The monoisotopic (exact) mass is 237 g/mol. The molecule has 1 N–H and O–H groups in total. The molecule has 0 saturated heterocycles. The maximum Gasteiger partial charge on any atom is 0.356 e. The van der Waals surface area contributed by atoms with E-state index in [0.717, 1.165) is 0 Å². The van der Waals surface area contributed by atoms with Crippen molar-refractivity contribution < 1.29 is 14.3 Å². The first-order chi connectivity index (χ1) is 7.93. The smallest absolute Gasteiger partial charge is 0.356 e. The van der Waals surface area contributed by atoms with Crippen LogP contribution in [0.25, 0.3) is 0 Å². The molecule has 6 heteroatoms. The summed E-state index contributed by atoms with van der Waals surface area (Å²) in [5.41, 5.74) is 0.707. The molecule has 1 aromatic heterocycles. The Kier molecular flexibility index (Phi) is 4.14. The molecule has 92 valence electrons. The molecule has 0 unspecified atom stereocenters. The Morgan fingerprint density at radius 1 is 1.35 bits per heavy atom. The number of hydrogen-bond acceptors (Lipinski definition) is 5. The summed E-state index contributed by atoms with van der Waals surface area (Å²) >= 11 is 0. The lowest BCUT2D eigenvalue weighted by Crippen LogP contribution is -2.20. The molecule has 0 saturated carbocycles. The predicted octanol–water partition coefficient (Wildman–Crippen LogP) is 1.17. The zero-order valence-corrected chi connectivity index (χ0v) is 10.3. The summed E-state index contributed by atoms with van der Waals surface area (Å²) in [5, 5.41) is 2.53. The van der Waals surface area contributed by atoms with E-state index in [4.69, 9.17) is 0 Å². The van der Waals surface area contributed by atoms with Crippen LogP contribution in [0.15, 0.2) is 6.07 Å². The SMILES string of the molecule is COC(=O)c1cc(C)nc(NC(=O)C(C)C)n1. The number of aromatic nitrogens is 2. The summed E-state index contributed by atoms with van der Waals surface area (Å²) in [6.45, 7) is 5.22. The van der Waals surface area contributed by atoms with Crippen LogP contribution in [0, 0.1) is 12.8 Å². The van der Waals surface area contributed by atoms with Gasteiger partial charge in [0.15, 0.2) is 5.69 Å². The number of anilines is 1. The van der Waals surface area contributed by atoms with Crippen LogP contribution in [-0.2, 0) is 9.53 Å². The molecule has 0 radical (unpaired) electrons. The van der Waals surface area contributed by atoms with Gasteiger partial charge in [0.2, 0.25) is 11.9 Å². The number of methoxy groups -OCH3 is 1. The van der Waals surface area contributed by atoms with Gasteiger partial charge in [-0.15, -0.1) is 0 Å². The number of amides is 1. The van der Waals surface area contributed by atoms with Gasteiger partial charge in [0.25, 0.3) is 0 Å². The maximum atomic E-state index is 11.5. The Bertz CT molecular complexity index is 444. The van der Waals surface area contributed by atoms with Gasteiger partial charge in [-0.3, -0.25) is 10.1 Å². The summed E-state index contributed by atoms with van der Waals surface area (Å²) < 4.78 is 4.56. The van der Waals surface area contributed by atoms with Crippen LogP contribution in [0.3, 0.4) is 0 Å². The molecule has 0 aromatic carbocycles. The number of nitrogens with one attached hydrogen (secondary N) is 1. The van der Waals surface area contributed by atoms with Crippen molar-refractivity contribution in [3.05, 3.63) is 17.5 Å². The molecule has 17 heavy (non-hydrogen) atoms. The van der Waals surface area contributed by atoms with E-state index in [-0.39, 0.29) is 23.5 Å². The highest BCUT2D eigenvalue weighted by Crippen LogP contribution is 2.07. The number of carbonyl (C=O) groups is 2. The second-order valence-electron chi connectivity index (χ2n) is 3.85. The number of aryl methyl sites for hydroxylation is 1. The fourth-order valence-corrected chi connectivity index (χ4v) is 1.09. The molecular formula is C11H15N3O3. The van der Waals surface area contributed by atoms with E-state index in [1.165, 1.54) is 13.2 Å². The van der Waals surface area contributed by atoms with Crippen molar-refractivity contribution in [2.24, 2.45) is 5.92 Å². The lowest BCUT2D eigenvalue weighted by Gasteiger charge is -2.07. The third-order valence-electron chi connectivity index (χ3n) is 2.01. The predicted molar refractivity (Wildman–Crippen MR) is 61.6 cm³/mol. The Hall–Kier alpha value is -1.98. The summed E-state index contributed by atoms with van der Waals surface area (Å²) in [6, 6.07) is 1.50. The first kappa shape index (κ1) is 13.1. The van der Waals surface area contributed by atoms with Crippen LogP contribution >= 0.6 is 0 Å². The maximum absolute atomic E-state index is 11.5. The third kappa shape index (κ3) is 3.51. The topological polar surface area (TPSA) is 81.2 Å². The summed E-state index contributed by atoms with van der Waals surface area (Å²) in [7, 11) is 1.27. The molecule has 1 amide bonds. The van der Waals surface area contributed by atoms with Crippen molar-refractivity contribution in [1.82, 2.24) is 9.97 Å².